The van der Waals surface area contributed by atoms with E-state index in [1.807, 2.05) is 18.2 Å². The number of hydrogen-bond acceptors (Lipinski definition) is 3. The average molecular weight is 247 g/mol. The Morgan fingerprint density at radius 1 is 1.22 bits per heavy atom. The predicted molar refractivity (Wildman–Crippen MR) is 71.6 cm³/mol. The molecule has 1 fully saturated rings. The maximum atomic E-state index is 11.7. The Morgan fingerprint density at radius 3 is 2.67 bits per heavy atom. The van der Waals surface area contributed by atoms with Crippen LogP contribution in [0.25, 0.3) is 0 Å². The summed E-state index contributed by atoms with van der Waals surface area (Å²) in [6, 6.07) is 10.1. The van der Waals surface area contributed by atoms with Gasteiger partial charge in [0.1, 0.15) is 6.61 Å². The normalized spacial score (nSPS) is 16.7. The molecule has 0 unspecified atom stereocenters. The van der Waals surface area contributed by atoms with Crippen molar-refractivity contribution in [2.24, 2.45) is 0 Å². The SMILES string of the molecule is O=C(CCc1ccccc1)COC1CCNCC1. The lowest BCUT2D eigenvalue weighted by Crippen LogP contribution is -2.33. The summed E-state index contributed by atoms with van der Waals surface area (Å²) in [6.07, 6.45) is 3.70. The maximum Gasteiger partial charge on any atom is 0.158 e. The third-order valence-electron chi connectivity index (χ3n) is 3.30. The molecule has 1 aliphatic rings. The summed E-state index contributed by atoms with van der Waals surface area (Å²) >= 11 is 0. The van der Waals surface area contributed by atoms with E-state index in [-0.39, 0.29) is 18.5 Å². The van der Waals surface area contributed by atoms with Gasteiger partial charge >= 0.3 is 0 Å². The fourth-order valence-electron chi connectivity index (χ4n) is 2.17. The van der Waals surface area contributed by atoms with Crippen molar-refractivity contribution in [3.63, 3.8) is 0 Å². The van der Waals surface area contributed by atoms with Crippen LogP contribution < -0.4 is 5.32 Å². The lowest BCUT2D eigenvalue weighted by Gasteiger charge is -2.22. The fourth-order valence-corrected chi connectivity index (χ4v) is 2.17. The minimum atomic E-state index is 0.206. The van der Waals surface area contributed by atoms with E-state index < -0.39 is 0 Å². The number of ketones is 1. The number of ether oxygens (including phenoxy) is 1. The number of nitrogens with one attached hydrogen (secondary N) is 1. The van der Waals surface area contributed by atoms with Crippen LogP contribution in [0.1, 0.15) is 24.8 Å². The van der Waals surface area contributed by atoms with Crippen LogP contribution in [0, 0.1) is 0 Å². The minimum absolute atomic E-state index is 0.206. The summed E-state index contributed by atoms with van der Waals surface area (Å²) in [5.41, 5.74) is 1.22. The van der Waals surface area contributed by atoms with Crippen LogP contribution in [0.3, 0.4) is 0 Å². The summed E-state index contributed by atoms with van der Waals surface area (Å²) in [5.74, 6) is 0.206. The van der Waals surface area contributed by atoms with E-state index >= 15 is 0 Å². The van der Waals surface area contributed by atoms with Gasteiger partial charge in [-0.25, -0.2) is 0 Å². The predicted octanol–water partition coefficient (Wildman–Crippen LogP) is 1.96. The quantitative estimate of drug-likeness (QED) is 0.835. The molecule has 98 valence electrons. The van der Waals surface area contributed by atoms with Crippen LogP contribution in [-0.2, 0) is 16.0 Å². The lowest BCUT2D eigenvalue weighted by atomic mass is 10.1. The molecule has 18 heavy (non-hydrogen) atoms. The first kappa shape index (κ1) is 13.2. The van der Waals surface area contributed by atoms with Crippen LogP contribution in [0.5, 0.6) is 0 Å². The van der Waals surface area contributed by atoms with Crippen molar-refractivity contribution >= 4 is 5.78 Å². The van der Waals surface area contributed by atoms with Gasteiger partial charge in [-0.05, 0) is 37.9 Å². The molecule has 0 amide bonds. The van der Waals surface area contributed by atoms with Gasteiger partial charge in [0.05, 0.1) is 6.10 Å². The van der Waals surface area contributed by atoms with Crippen molar-refractivity contribution in [2.75, 3.05) is 19.7 Å². The highest BCUT2D eigenvalue weighted by Gasteiger charge is 2.14. The number of benzene rings is 1. The minimum Gasteiger partial charge on any atom is -0.370 e. The zero-order valence-corrected chi connectivity index (χ0v) is 10.7. The van der Waals surface area contributed by atoms with Crippen LogP contribution in [0.4, 0.5) is 0 Å². The molecule has 0 aromatic heterocycles. The Labute approximate surface area is 109 Å². The van der Waals surface area contributed by atoms with Crippen molar-refractivity contribution in [3.05, 3.63) is 35.9 Å². The zero-order chi connectivity index (χ0) is 12.6. The highest BCUT2D eigenvalue weighted by Crippen LogP contribution is 2.08. The molecule has 2 rings (SSSR count). The summed E-state index contributed by atoms with van der Waals surface area (Å²) in [6.45, 7) is 2.28. The number of carbonyl (C=O) groups excluding carboxylic acids is 1. The maximum absolute atomic E-state index is 11.7. The Hall–Kier alpha value is -1.19. The van der Waals surface area contributed by atoms with Crippen molar-refractivity contribution < 1.29 is 9.53 Å². The third-order valence-corrected chi connectivity index (χ3v) is 3.30. The highest BCUT2D eigenvalue weighted by molar-refractivity contribution is 5.79. The molecule has 1 aromatic rings. The zero-order valence-electron chi connectivity index (χ0n) is 10.7. The standard InChI is InChI=1S/C15H21NO2/c17-14(7-6-13-4-2-1-3-5-13)12-18-15-8-10-16-11-9-15/h1-5,15-16H,6-12H2. The highest BCUT2D eigenvalue weighted by atomic mass is 16.5. The van der Waals surface area contributed by atoms with E-state index in [2.05, 4.69) is 17.4 Å². The molecule has 1 aromatic carbocycles. The van der Waals surface area contributed by atoms with Crippen molar-refractivity contribution in [2.45, 2.75) is 31.8 Å². The molecule has 0 saturated carbocycles. The van der Waals surface area contributed by atoms with Crippen LogP contribution in [-0.4, -0.2) is 31.6 Å². The smallest absolute Gasteiger partial charge is 0.158 e. The molecule has 3 nitrogen and oxygen atoms in total. The number of piperidine rings is 1. The Bertz CT molecular complexity index is 358. The van der Waals surface area contributed by atoms with Gasteiger partial charge in [-0.3, -0.25) is 4.79 Å². The topological polar surface area (TPSA) is 38.3 Å². The van der Waals surface area contributed by atoms with Gasteiger partial charge in [0.15, 0.2) is 5.78 Å². The van der Waals surface area contributed by atoms with E-state index in [0.29, 0.717) is 6.42 Å². The number of hydrogen-bond donors (Lipinski definition) is 1. The molecular weight excluding hydrogens is 226 g/mol. The molecule has 0 radical (unpaired) electrons. The Morgan fingerprint density at radius 2 is 1.94 bits per heavy atom. The van der Waals surface area contributed by atoms with Gasteiger partial charge in [-0.2, -0.15) is 0 Å². The molecule has 0 bridgehead atoms. The molecule has 0 atom stereocenters. The third kappa shape index (κ3) is 4.59. The van der Waals surface area contributed by atoms with E-state index in [4.69, 9.17) is 4.74 Å². The van der Waals surface area contributed by atoms with E-state index in [1.165, 1.54) is 5.56 Å². The van der Waals surface area contributed by atoms with Gasteiger partial charge in [0.2, 0.25) is 0 Å². The lowest BCUT2D eigenvalue weighted by molar-refractivity contribution is -0.126. The molecule has 1 heterocycles. The van der Waals surface area contributed by atoms with Gasteiger partial charge in [0, 0.05) is 6.42 Å². The first-order chi connectivity index (χ1) is 8.84. The molecule has 0 spiro atoms. The van der Waals surface area contributed by atoms with Crippen LogP contribution in [0.15, 0.2) is 30.3 Å². The largest absolute Gasteiger partial charge is 0.370 e. The van der Waals surface area contributed by atoms with Crippen LogP contribution in [0.2, 0.25) is 0 Å². The average Bonchev–Trinajstić information content (AvgIpc) is 2.45. The van der Waals surface area contributed by atoms with Gasteiger partial charge < -0.3 is 10.1 Å². The summed E-state index contributed by atoms with van der Waals surface area (Å²) in [5, 5.41) is 3.28. The van der Waals surface area contributed by atoms with E-state index in [0.717, 1.165) is 32.4 Å². The van der Waals surface area contributed by atoms with E-state index in [9.17, 15) is 4.79 Å². The van der Waals surface area contributed by atoms with E-state index in [1.54, 1.807) is 0 Å². The molecule has 0 aliphatic carbocycles. The second-order valence-corrected chi connectivity index (χ2v) is 4.78. The fraction of sp³-hybridized carbons (Fsp3) is 0.533. The molecule has 1 aliphatic heterocycles. The number of carbonyl (C=O) groups is 1. The first-order valence-corrected chi connectivity index (χ1v) is 6.72. The van der Waals surface area contributed by atoms with Gasteiger partial charge in [-0.1, -0.05) is 30.3 Å². The van der Waals surface area contributed by atoms with Crippen LogP contribution >= 0.6 is 0 Å². The first-order valence-electron chi connectivity index (χ1n) is 6.72. The molecule has 3 heteroatoms. The Kier molecular flexibility index (Phi) is 5.36. The van der Waals surface area contributed by atoms with Crippen molar-refractivity contribution in [1.82, 2.24) is 5.32 Å². The number of Topliss-reactive ketones (excluding diaryl/α,β-unsaturated/α-hetero) is 1. The summed E-state index contributed by atoms with van der Waals surface area (Å²) in [4.78, 5) is 11.7. The molecular formula is C15H21NO2. The Balaban J connectivity index is 1.63. The second-order valence-electron chi connectivity index (χ2n) is 4.78. The molecule has 1 saturated heterocycles. The monoisotopic (exact) mass is 247 g/mol. The van der Waals surface area contributed by atoms with Gasteiger partial charge in [-0.15, -0.1) is 0 Å². The number of rotatable bonds is 6. The second kappa shape index (κ2) is 7.29. The van der Waals surface area contributed by atoms with Crippen molar-refractivity contribution in [3.8, 4) is 0 Å². The van der Waals surface area contributed by atoms with Gasteiger partial charge in [0.25, 0.3) is 0 Å². The summed E-state index contributed by atoms with van der Waals surface area (Å²) < 4.78 is 5.64. The van der Waals surface area contributed by atoms with Crippen molar-refractivity contribution in [1.29, 1.82) is 0 Å². The molecule has 1 N–H and O–H groups in total. The summed E-state index contributed by atoms with van der Waals surface area (Å²) in [7, 11) is 0. The number of aryl methyl sites for hydroxylation is 1.